The molecular formula is C11H11BrN2O4S. The van der Waals surface area contributed by atoms with Crippen LogP contribution in [-0.2, 0) is 15.6 Å². The fraction of sp³-hybridized carbons (Fsp3) is 0.273. The first-order valence-corrected chi connectivity index (χ1v) is 7.72. The predicted octanol–water partition coefficient (Wildman–Crippen LogP) is 2.12. The lowest BCUT2D eigenvalue weighted by atomic mass is 10.3. The Bertz CT molecular complexity index is 696. The smallest absolute Gasteiger partial charge is 0.231 e. The van der Waals surface area contributed by atoms with Gasteiger partial charge in [0.15, 0.2) is 9.84 Å². The number of benzene rings is 1. The molecule has 0 atom stereocenters. The third-order valence-electron chi connectivity index (χ3n) is 2.34. The van der Waals surface area contributed by atoms with Crippen LogP contribution in [-0.4, -0.2) is 25.7 Å². The Hall–Kier alpha value is -1.41. The summed E-state index contributed by atoms with van der Waals surface area (Å²) in [5, 5.41) is 7.29. The molecule has 0 aliphatic heterocycles. The minimum Gasteiger partial charge on any atom is -0.495 e. The maximum atomic E-state index is 12.3. The molecule has 0 N–H and O–H groups in total. The van der Waals surface area contributed by atoms with Gasteiger partial charge in [0.2, 0.25) is 11.8 Å². The second kappa shape index (κ2) is 5.30. The largest absolute Gasteiger partial charge is 0.495 e. The fourth-order valence-corrected chi connectivity index (χ4v) is 3.40. The third-order valence-corrected chi connectivity index (χ3v) is 4.45. The summed E-state index contributed by atoms with van der Waals surface area (Å²) in [6, 6.07) is 4.77. The van der Waals surface area contributed by atoms with Crippen molar-refractivity contribution in [3.63, 3.8) is 0 Å². The van der Waals surface area contributed by atoms with Crippen LogP contribution in [0.2, 0.25) is 0 Å². The molecular weight excluding hydrogens is 336 g/mol. The molecule has 1 aromatic carbocycles. The second-order valence-electron chi connectivity index (χ2n) is 3.77. The zero-order chi connectivity index (χ0) is 14.0. The van der Waals surface area contributed by atoms with E-state index in [-0.39, 0.29) is 22.3 Å². The summed E-state index contributed by atoms with van der Waals surface area (Å²) in [7, 11) is -2.20. The second-order valence-corrected chi connectivity index (χ2v) is 6.64. The predicted molar refractivity (Wildman–Crippen MR) is 70.6 cm³/mol. The van der Waals surface area contributed by atoms with E-state index in [1.54, 1.807) is 19.1 Å². The lowest BCUT2D eigenvalue weighted by molar-refractivity contribution is 0.402. The Balaban J connectivity index is 2.41. The van der Waals surface area contributed by atoms with Gasteiger partial charge in [-0.2, -0.15) is 0 Å². The standard InChI is InChI=1S/C11H11BrN2O4S/c1-7-13-14-11(18-7)6-19(15,16)10-5-8(12)3-4-9(10)17-2/h3-5H,6H2,1-2H3. The van der Waals surface area contributed by atoms with Crippen LogP contribution in [0.1, 0.15) is 11.8 Å². The average Bonchev–Trinajstić information content (AvgIpc) is 2.74. The van der Waals surface area contributed by atoms with E-state index in [1.807, 2.05) is 0 Å². The topological polar surface area (TPSA) is 82.3 Å². The Kier molecular flexibility index (Phi) is 3.91. The van der Waals surface area contributed by atoms with Crippen molar-refractivity contribution in [1.82, 2.24) is 10.2 Å². The van der Waals surface area contributed by atoms with E-state index < -0.39 is 9.84 Å². The third kappa shape index (κ3) is 3.13. The van der Waals surface area contributed by atoms with Gasteiger partial charge in [0.05, 0.1) is 7.11 Å². The zero-order valence-corrected chi connectivity index (χ0v) is 12.7. The van der Waals surface area contributed by atoms with Crippen molar-refractivity contribution in [2.45, 2.75) is 17.6 Å². The van der Waals surface area contributed by atoms with Crippen LogP contribution in [0.5, 0.6) is 5.75 Å². The van der Waals surface area contributed by atoms with E-state index in [4.69, 9.17) is 9.15 Å². The fourth-order valence-electron chi connectivity index (χ4n) is 1.53. The molecule has 0 aliphatic carbocycles. The van der Waals surface area contributed by atoms with Gasteiger partial charge in [0.25, 0.3) is 0 Å². The number of sulfone groups is 1. The van der Waals surface area contributed by atoms with Crippen molar-refractivity contribution in [1.29, 1.82) is 0 Å². The molecule has 0 unspecified atom stereocenters. The number of aromatic nitrogens is 2. The van der Waals surface area contributed by atoms with Gasteiger partial charge in [-0.25, -0.2) is 8.42 Å². The van der Waals surface area contributed by atoms with Crippen LogP contribution in [0.4, 0.5) is 0 Å². The molecule has 0 radical (unpaired) electrons. The number of methoxy groups -OCH3 is 1. The Morgan fingerprint density at radius 2 is 2.11 bits per heavy atom. The maximum Gasteiger partial charge on any atom is 0.231 e. The molecule has 19 heavy (non-hydrogen) atoms. The average molecular weight is 347 g/mol. The highest BCUT2D eigenvalue weighted by atomic mass is 79.9. The molecule has 0 spiro atoms. The van der Waals surface area contributed by atoms with Crippen LogP contribution in [0.25, 0.3) is 0 Å². The number of nitrogens with zero attached hydrogens (tertiary/aromatic N) is 2. The van der Waals surface area contributed by atoms with E-state index in [1.165, 1.54) is 13.2 Å². The lowest BCUT2D eigenvalue weighted by Crippen LogP contribution is -2.07. The molecule has 102 valence electrons. The highest BCUT2D eigenvalue weighted by Gasteiger charge is 2.23. The first-order valence-electron chi connectivity index (χ1n) is 5.27. The summed E-state index contributed by atoms with van der Waals surface area (Å²) in [6.07, 6.45) is 0. The minimum absolute atomic E-state index is 0.0551. The van der Waals surface area contributed by atoms with Gasteiger partial charge in [-0.1, -0.05) is 15.9 Å². The van der Waals surface area contributed by atoms with Gasteiger partial charge >= 0.3 is 0 Å². The molecule has 8 heteroatoms. The summed E-state index contributed by atoms with van der Waals surface area (Å²) >= 11 is 3.24. The quantitative estimate of drug-likeness (QED) is 0.843. The molecule has 0 saturated carbocycles. The molecule has 0 amide bonds. The molecule has 1 heterocycles. The van der Waals surface area contributed by atoms with Crippen molar-refractivity contribution in [2.24, 2.45) is 0 Å². The van der Waals surface area contributed by atoms with Gasteiger partial charge in [-0.05, 0) is 18.2 Å². The van der Waals surface area contributed by atoms with Crippen molar-refractivity contribution in [3.05, 3.63) is 34.5 Å². The number of halogens is 1. The number of aryl methyl sites for hydroxylation is 1. The molecule has 6 nitrogen and oxygen atoms in total. The first kappa shape index (κ1) is 14.0. The van der Waals surface area contributed by atoms with E-state index in [0.29, 0.717) is 10.4 Å². The van der Waals surface area contributed by atoms with Crippen LogP contribution >= 0.6 is 15.9 Å². The van der Waals surface area contributed by atoms with Crippen molar-refractivity contribution < 1.29 is 17.6 Å². The van der Waals surface area contributed by atoms with E-state index in [9.17, 15) is 8.42 Å². The lowest BCUT2D eigenvalue weighted by Gasteiger charge is -2.08. The zero-order valence-electron chi connectivity index (χ0n) is 10.3. The van der Waals surface area contributed by atoms with Crippen molar-refractivity contribution in [2.75, 3.05) is 7.11 Å². The van der Waals surface area contributed by atoms with Crippen LogP contribution in [0, 0.1) is 6.92 Å². The van der Waals surface area contributed by atoms with Crippen molar-refractivity contribution >= 4 is 25.8 Å². The van der Waals surface area contributed by atoms with Crippen LogP contribution in [0.15, 0.2) is 32.0 Å². The van der Waals surface area contributed by atoms with Crippen LogP contribution in [0.3, 0.4) is 0 Å². The first-order chi connectivity index (χ1) is 8.92. The Morgan fingerprint density at radius 3 is 2.68 bits per heavy atom. The molecule has 0 saturated heterocycles. The molecule has 2 rings (SSSR count). The van der Waals surface area contributed by atoms with Gasteiger partial charge in [0, 0.05) is 11.4 Å². The summed E-state index contributed by atoms with van der Waals surface area (Å²) < 4.78 is 35.4. The SMILES string of the molecule is COc1ccc(Br)cc1S(=O)(=O)Cc1nnc(C)o1. The number of ether oxygens (including phenoxy) is 1. The van der Waals surface area contributed by atoms with Gasteiger partial charge in [-0.3, -0.25) is 0 Å². The molecule has 0 fully saturated rings. The van der Waals surface area contributed by atoms with Crippen LogP contribution < -0.4 is 4.74 Å². The molecule has 2 aromatic rings. The van der Waals surface area contributed by atoms with Gasteiger partial charge < -0.3 is 9.15 Å². The maximum absolute atomic E-state index is 12.3. The highest BCUT2D eigenvalue weighted by Crippen LogP contribution is 2.29. The number of hydrogen-bond donors (Lipinski definition) is 0. The molecule has 1 aromatic heterocycles. The number of rotatable bonds is 4. The Labute approximate surface area is 118 Å². The summed E-state index contributed by atoms with van der Waals surface area (Å²) in [6.45, 7) is 1.60. The van der Waals surface area contributed by atoms with Crippen molar-refractivity contribution in [3.8, 4) is 5.75 Å². The normalized spacial score (nSPS) is 11.5. The highest BCUT2D eigenvalue weighted by molar-refractivity contribution is 9.10. The summed E-state index contributed by atoms with van der Waals surface area (Å²) in [5.41, 5.74) is 0. The van der Waals surface area contributed by atoms with E-state index in [0.717, 1.165) is 0 Å². The summed E-state index contributed by atoms with van der Waals surface area (Å²) in [5.74, 6) is 0.297. The van der Waals surface area contributed by atoms with E-state index in [2.05, 4.69) is 26.1 Å². The monoisotopic (exact) mass is 346 g/mol. The summed E-state index contributed by atoms with van der Waals surface area (Å²) in [4.78, 5) is 0.0835. The van der Waals surface area contributed by atoms with E-state index >= 15 is 0 Å². The number of hydrogen-bond acceptors (Lipinski definition) is 6. The molecule has 0 bridgehead atoms. The minimum atomic E-state index is -3.62. The van der Waals surface area contributed by atoms with Gasteiger partial charge in [-0.15, -0.1) is 10.2 Å². The van der Waals surface area contributed by atoms with Gasteiger partial charge in [0.1, 0.15) is 16.4 Å². The molecule has 0 aliphatic rings. The Morgan fingerprint density at radius 1 is 1.37 bits per heavy atom.